The minimum atomic E-state index is -0.354. The molecular formula is C21H23FN6O2S. The highest BCUT2D eigenvalue weighted by Crippen LogP contribution is 2.38. The number of halogens is 1. The molecule has 0 spiro atoms. The fourth-order valence-corrected chi connectivity index (χ4v) is 4.91. The van der Waals surface area contributed by atoms with Gasteiger partial charge in [-0.2, -0.15) is 4.37 Å². The lowest BCUT2D eigenvalue weighted by Gasteiger charge is -2.37. The molecule has 1 saturated heterocycles. The average Bonchev–Trinajstić information content (AvgIpc) is 3.39. The Morgan fingerprint density at radius 1 is 1.13 bits per heavy atom. The normalized spacial score (nSPS) is 18.9. The second-order valence-corrected chi connectivity index (χ2v) is 8.48. The fraction of sp³-hybridized carbons (Fsp3) is 0.429. The summed E-state index contributed by atoms with van der Waals surface area (Å²) in [5, 5.41) is 0.781. The standard InChI is InChI=1S/C21H23FN6O2S/c1-13-17-18(26-9-11-30-12-10-26)24-19(20-23-14(2)25-31-20)28(17)8-7-27(13)21(29)15-3-5-16(22)6-4-15/h3-6,13H,7-12H2,1-2H3/t13-/m1/s1. The van der Waals surface area contributed by atoms with Crippen LogP contribution in [0.5, 0.6) is 0 Å². The molecule has 162 valence electrons. The molecule has 1 aromatic carbocycles. The topological polar surface area (TPSA) is 76.4 Å². The average molecular weight is 443 g/mol. The van der Waals surface area contributed by atoms with Gasteiger partial charge in [-0.05, 0) is 49.6 Å². The number of anilines is 1. The molecule has 2 aromatic heterocycles. The van der Waals surface area contributed by atoms with Gasteiger partial charge in [0.05, 0.1) is 24.9 Å². The van der Waals surface area contributed by atoms with Crippen molar-refractivity contribution in [2.75, 3.05) is 37.7 Å². The van der Waals surface area contributed by atoms with Crippen molar-refractivity contribution in [1.82, 2.24) is 23.8 Å². The van der Waals surface area contributed by atoms with Crippen LogP contribution in [0, 0.1) is 12.7 Å². The maximum atomic E-state index is 13.3. The Kier molecular flexibility index (Phi) is 5.19. The monoisotopic (exact) mass is 442 g/mol. The Morgan fingerprint density at radius 2 is 1.87 bits per heavy atom. The Labute approximate surface area is 183 Å². The van der Waals surface area contributed by atoms with Crippen molar-refractivity contribution in [3.8, 4) is 10.8 Å². The van der Waals surface area contributed by atoms with Crippen LogP contribution in [0.1, 0.15) is 34.8 Å². The lowest BCUT2D eigenvalue weighted by Crippen LogP contribution is -2.43. The highest BCUT2D eigenvalue weighted by Gasteiger charge is 2.36. The predicted octanol–water partition coefficient (Wildman–Crippen LogP) is 2.90. The van der Waals surface area contributed by atoms with Crippen LogP contribution in [-0.2, 0) is 11.3 Å². The molecule has 1 fully saturated rings. The largest absolute Gasteiger partial charge is 0.378 e. The van der Waals surface area contributed by atoms with Crippen LogP contribution >= 0.6 is 11.5 Å². The number of hydrogen-bond acceptors (Lipinski definition) is 7. The van der Waals surface area contributed by atoms with Crippen LogP contribution in [0.3, 0.4) is 0 Å². The van der Waals surface area contributed by atoms with E-state index in [1.807, 2.05) is 18.7 Å². The van der Waals surface area contributed by atoms with Crippen molar-refractivity contribution >= 4 is 23.3 Å². The van der Waals surface area contributed by atoms with Crippen molar-refractivity contribution in [2.45, 2.75) is 26.4 Å². The molecule has 0 N–H and O–H groups in total. The summed E-state index contributed by atoms with van der Waals surface area (Å²) >= 11 is 1.34. The first kappa shape index (κ1) is 20.1. The lowest BCUT2D eigenvalue weighted by atomic mass is 10.1. The molecule has 0 radical (unpaired) electrons. The van der Waals surface area contributed by atoms with E-state index in [0.29, 0.717) is 31.9 Å². The van der Waals surface area contributed by atoms with E-state index in [1.165, 1.54) is 35.8 Å². The Balaban J connectivity index is 1.55. The molecule has 0 unspecified atom stereocenters. The summed E-state index contributed by atoms with van der Waals surface area (Å²) in [5.74, 6) is 1.93. The van der Waals surface area contributed by atoms with Crippen molar-refractivity contribution < 1.29 is 13.9 Å². The number of amides is 1. The first-order valence-corrected chi connectivity index (χ1v) is 11.1. The molecule has 31 heavy (non-hydrogen) atoms. The fourth-order valence-electron chi connectivity index (χ4n) is 4.24. The number of aromatic nitrogens is 4. The molecule has 10 heteroatoms. The molecule has 0 bridgehead atoms. The van der Waals surface area contributed by atoms with Crippen LogP contribution in [0.4, 0.5) is 10.2 Å². The van der Waals surface area contributed by atoms with Gasteiger partial charge in [-0.25, -0.2) is 14.4 Å². The van der Waals surface area contributed by atoms with E-state index in [-0.39, 0.29) is 17.8 Å². The third-order valence-electron chi connectivity index (χ3n) is 5.80. The Bertz CT molecular complexity index is 1110. The molecule has 2 aliphatic heterocycles. The highest BCUT2D eigenvalue weighted by atomic mass is 32.1. The molecule has 3 aromatic rings. The van der Waals surface area contributed by atoms with Gasteiger partial charge in [0, 0.05) is 31.7 Å². The Hall–Kier alpha value is -2.85. The minimum Gasteiger partial charge on any atom is -0.378 e. The van der Waals surface area contributed by atoms with Gasteiger partial charge in [-0.1, -0.05) is 0 Å². The molecule has 8 nitrogen and oxygen atoms in total. The minimum absolute atomic E-state index is 0.110. The van der Waals surface area contributed by atoms with Gasteiger partial charge in [0.2, 0.25) is 0 Å². The number of aryl methyl sites for hydroxylation is 1. The number of benzene rings is 1. The van der Waals surface area contributed by atoms with E-state index >= 15 is 0 Å². The summed E-state index contributed by atoms with van der Waals surface area (Å²) in [6.07, 6.45) is 0. The second kappa shape index (κ2) is 8.01. The lowest BCUT2D eigenvalue weighted by molar-refractivity contribution is 0.0644. The summed E-state index contributed by atoms with van der Waals surface area (Å²) in [6.45, 7) is 7.82. The Morgan fingerprint density at radius 3 is 2.55 bits per heavy atom. The van der Waals surface area contributed by atoms with E-state index in [0.717, 1.165) is 41.3 Å². The van der Waals surface area contributed by atoms with E-state index in [4.69, 9.17) is 9.72 Å². The van der Waals surface area contributed by atoms with Crippen LogP contribution in [0.2, 0.25) is 0 Å². The first-order valence-electron chi connectivity index (χ1n) is 10.3. The van der Waals surface area contributed by atoms with Crippen molar-refractivity contribution in [1.29, 1.82) is 0 Å². The number of carbonyl (C=O) groups excluding carboxylic acids is 1. The number of hydrogen-bond donors (Lipinski definition) is 0. The number of ether oxygens (including phenoxy) is 1. The third-order valence-corrected chi connectivity index (χ3v) is 6.60. The van der Waals surface area contributed by atoms with Crippen LogP contribution in [-0.4, -0.2) is 62.6 Å². The maximum Gasteiger partial charge on any atom is 0.254 e. The van der Waals surface area contributed by atoms with Gasteiger partial charge in [-0.15, -0.1) is 0 Å². The van der Waals surface area contributed by atoms with Gasteiger partial charge in [-0.3, -0.25) is 4.79 Å². The summed E-state index contributed by atoms with van der Waals surface area (Å²) in [6, 6.07) is 5.52. The maximum absolute atomic E-state index is 13.3. The van der Waals surface area contributed by atoms with Crippen LogP contribution in [0.25, 0.3) is 10.8 Å². The highest BCUT2D eigenvalue weighted by molar-refractivity contribution is 7.09. The SMILES string of the molecule is Cc1nsc(-c2nc(N3CCOCC3)c3n2CCN(C(=O)c2ccc(F)cc2)[C@@H]3C)n1. The van der Waals surface area contributed by atoms with Crippen molar-refractivity contribution in [3.05, 3.63) is 47.2 Å². The third kappa shape index (κ3) is 3.59. The second-order valence-electron chi connectivity index (χ2n) is 7.72. The number of rotatable bonds is 3. The molecule has 0 saturated carbocycles. The zero-order valence-corrected chi connectivity index (χ0v) is 18.2. The molecule has 5 rings (SSSR count). The zero-order chi connectivity index (χ0) is 21.5. The predicted molar refractivity (Wildman–Crippen MR) is 115 cm³/mol. The molecule has 2 aliphatic rings. The number of fused-ring (bicyclic) bond motifs is 1. The summed E-state index contributed by atoms with van der Waals surface area (Å²) < 4.78 is 25.3. The molecule has 0 aliphatic carbocycles. The number of morpholine rings is 1. The van der Waals surface area contributed by atoms with Crippen LogP contribution < -0.4 is 4.90 Å². The number of imidazole rings is 1. The quantitative estimate of drug-likeness (QED) is 0.621. The van der Waals surface area contributed by atoms with Gasteiger partial charge in [0.15, 0.2) is 16.6 Å². The summed E-state index contributed by atoms with van der Waals surface area (Å²) in [7, 11) is 0. The zero-order valence-electron chi connectivity index (χ0n) is 17.4. The number of nitrogens with zero attached hydrogens (tertiary/aromatic N) is 6. The van der Waals surface area contributed by atoms with Crippen molar-refractivity contribution in [2.24, 2.45) is 0 Å². The molecule has 1 atom stereocenters. The van der Waals surface area contributed by atoms with Gasteiger partial charge >= 0.3 is 0 Å². The molecule has 1 amide bonds. The van der Waals surface area contributed by atoms with Gasteiger partial charge in [0.25, 0.3) is 5.91 Å². The van der Waals surface area contributed by atoms with E-state index < -0.39 is 0 Å². The van der Waals surface area contributed by atoms with Gasteiger partial charge < -0.3 is 19.1 Å². The van der Waals surface area contributed by atoms with E-state index in [9.17, 15) is 9.18 Å². The summed E-state index contributed by atoms with van der Waals surface area (Å²) in [5.41, 5.74) is 1.47. The van der Waals surface area contributed by atoms with E-state index in [1.54, 1.807) is 0 Å². The van der Waals surface area contributed by atoms with Crippen molar-refractivity contribution in [3.63, 3.8) is 0 Å². The van der Waals surface area contributed by atoms with Gasteiger partial charge in [0.1, 0.15) is 11.6 Å². The van der Waals surface area contributed by atoms with Crippen LogP contribution in [0.15, 0.2) is 24.3 Å². The first-order chi connectivity index (χ1) is 15.0. The molecular weight excluding hydrogens is 419 g/mol. The summed E-state index contributed by atoms with van der Waals surface area (Å²) in [4.78, 5) is 26.8. The molecule has 4 heterocycles. The van der Waals surface area contributed by atoms with E-state index in [2.05, 4.69) is 18.8 Å². The number of carbonyl (C=O) groups is 1. The smallest absolute Gasteiger partial charge is 0.254 e.